The molecule has 3 heteroatoms. The van der Waals surface area contributed by atoms with Gasteiger partial charge < -0.3 is 10.4 Å². The smallest absolute Gasteiger partial charge is 0.229 e. The summed E-state index contributed by atoms with van der Waals surface area (Å²) in [6.45, 7) is 9.30. The minimum atomic E-state index is -0.438. The van der Waals surface area contributed by atoms with Crippen molar-refractivity contribution in [2.75, 3.05) is 5.32 Å². The van der Waals surface area contributed by atoms with Crippen molar-refractivity contribution in [3.63, 3.8) is 0 Å². The van der Waals surface area contributed by atoms with E-state index in [0.29, 0.717) is 5.69 Å². The number of aryl methyl sites for hydroxylation is 2. The zero-order valence-electron chi connectivity index (χ0n) is 10.5. The zero-order chi connectivity index (χ0) is 12.5. The fraction of sp³-hybridized carbons (Fsp3) is 0.462. The number of nitrogens with one attached hydrogen (secondary N) is 1. The third kappa shape index (κ3) is 2.75. The molecule has 0 fully saturated rings. The van der Waals surface area contributed by atoms with Gasteiger partial charge in [0.15, 0.2) is 0 Å². The van der Waals surface area contributed by atoms with E-state index in [4.69, 9.17) is 0 Å². The average molecular weight is 221 g/mol. The Labute approximate surface area is 96.5 Å². The molecular weight excluding hydrogens is 202 g/mol. The standard InChI is InChI=1S/C13H19NO2/c1-8-6-9(2)11(15)7-10(8)14-12(16)13(3,4)5/h6-7,15H,1-5H3,(H,14,16). The predicted octanol–water partition coefficient (Wildman–Crippen LogP) is 2.99. The number of aromatic hydroxyl groups is 1. The normalized spacial score (nSPS) is 11.3. The van der Waals surface area contributed by atoms with Gasteiger partial charge in [0.2, 0.25) is 5.91 Å². The highest BCUT2D eigenvalue weighted by Crippen LogP contribution is 2.26. The number of phenolic OH excluding ortho intramolecular Hbond substituents is 1. The molecule has 1 rings (SSSR count). The molecule has 0 heterocycles. The van der Waals surface area contributed by atoms with Crippen molar-refractivity contribution in [2.45, 2.75) is 34.6 Å². The van der Waals surface area contributed by atoms with Gasteiger partial charge in [-0.25, -0.2) is 0 Å². The number of amides is 1. The van der Waals surface area contributed by atoms with Crippen molar-refractivity contribution in [2.24, 2.45) is 5.41 Å². The molecule has 16 heavy (non-hydrogen) atoms. The minimum Gasteiger partial charge on any atom is -0.508 e. The molecule has 1 aromatic carbocycles. The van der Waals surface area contributed by atoms with Crippen LogP contribution in [0.1, 0.15) is 31.9 Å². The average Bonchev–Trinajstić information content (AvgIpc) is 2.12. The molecule has 0 aromatic heterocycles. The highest BCUT2D eigenvalue weighted by atomic mass is 16.3. The molecule has 0 aliphatic rings. The molecule has 88 valence electrons. The number of carbonyl (C=O) groups excluding carboxylic acids is 1. The SMILES string of the molecule is Cc1cc(C)c(NC(=O)C(C)(C)C)cc1O. The number of benzene rings is 1. The van der Waals surface area contributed by atoms with Crippen LogP contribution >= 0.6 is 0 Å². The van der Waals surface area contributed by atoms with Crippen LogP contribution in [-0.4, -0.2) is 11.0 Å². The number of hydrogen-bond acceptors (Lipinski definition) is 2. The van der Waals surface area contributed by atoms with Gasteiger partial charge in [-0.1, -0.05) is 26.8 Å². The van der Waals surface area contributed by atoms with Crippen molar-refractivity contribution in [1.29, 1.82) is 0 Å². The summed E-state index contributed by atoms with van der Waals surface area (Å²) in [5, 5.41) is 12.4. The van der Waals surface area contributed by atoms with E-state index in [1.54, 1.807) is 6.07 Å². The summed E-state index contributed by atoms with van der Waals surface area (Å²) < 4.78 is 0. The molecule has 1 aromatic rings. The summed E-state index contributed by atoms with van der Waals surface area (Å²) in [5.41, 5.74) is 2.00. The topological polar surface area (TPSA) is 49.3 Å². The van der Waals surface area contributed by atoms with Crippen LogP contribution in [-0.2, 0) is 4.79 Å². The number of phenols is 1. The van der Waals surface area contributed by atoms with Crippen LogP contribution in [0.3, 0.4) is 0 Å². The van der Waals surface area contributed by atoms with Gasteiger partial charge in [0.25, 0.3) is 0 Å². The predicted molar refractivity (Wildman–Crippen MR) is 65.7 cm³/mol. The lowest BCUT2D eigenvalue weighted by Gasteiger charge is -2.19. The molecule has 0 unspecified atom stereocenters. The van der Waals surface area contributed by atoms with Crippen LogP contribution in [0.25, 0.3) is 0 Å². The fourth-order valence-corrected chi connectivity index (χ4v) is 1.29. The van der Waals surface area contributed by atoms with Crippen LogP contribution in [0.15, 0.2) is 12.1 Å². The Morgan fingerprint density at radius 3 is 2.25 bits per heavy atom. The Morgan fingerprint density at radius 1 is 1.19 bits per heavy atom. The third-order valence-corrected chi connectivity index (χ3v) is 2.47. The molecule has 0 bridgehead atoms. The molecule has 0 saturated carbocycles. The second-order valence-corrected chi connectivity index (χ2v) is 5.16. The van der Waals surface area contributed by atoms with Gasteiger partial charge in [-0.05, 0) is 25.0 Å². The van der Waals surface area contributed by atoms with Gasteiger partial charge in [-0.15, -0.1) is 0 Å². The first kappa shape index (κ1) is 12.6. The molecule has 0 aliphatic carbocycles. The number of carbonyl (C=O) groups is 1. The number of hydrogen-bond donors (Lipinski definition) is 2. The first-order valence-electron chi connectivity index (χ1n) is 5.33. The molecule has 0 aliphatic heterocycles. The Hall–Kier alpha value is -1.51. The van der Waals surface area contributed by atoms with Crippen LogP contribution in [0, 0.1) is 19.3 Å². The van der Waals surface area contributed by atoms with Crippen LogP contribution < -0.4 is 5.32 Å². The third-order valence-electron chi connectivity index (χ3n) is 2.47. The Balaban J connectivity index is 2.99. The quantitative estimate of drug-likeness (QED) is 0.766. The lowest BCUT2D eigenvalue weighted by molar-refractivity contribution is -0.123. The molecule has 2 N–H and O–H groups in total. The van der Waals surface area contributed by atoms with Gasteiger partial charge in [0, 0.05) is 17.2 Å². The molecular formula is C13H19NO2. The molecule has 1 amide bonds. The van der Waals surface area contributed by atoms with E-state index in [0.717, 1.165) is 11.1 Å². The number of anilines is 1. The van der Waals surface area contributed by atoms with Crippen molar-refractivity contribution >= 4 is 11.6 Å². The summed E-state index contributed by atoms with van der Waals surface area (Å²) in [5.74, 6) is 0.147. The summed E-state index contributed by atoms with van der Waals surface area (Å²) in [6.07, 6.45) is 0. The summed E-state index contributed by atoms with van der Waals surface area (Å²) >= 11 is 0. The summed E-state index contributed by atoms with van der Waals surface area (Å²) in [4.78, 5) is 11.8. The summed E-state index contributed by atoms with van der Waals surface area (Å²) in [7, 11) is 0. The monoisotopic (exact) mass is 221 g/mol. The van der Waals surface area contributed by atoms with E-state index < -0.39 is 5.41 Å². The largest absolute Gasteiger partial charge is 0.508 e. The lowest BCUT2D eigenvalue weighted by atomic mass is 9.95. The van der Waals surface area contributed by atoms with E-state index in [2.05, 4.69) is 5.32 Å². The zero-order valence-corrected chi connectivity index (χ0v) is 10.5. The maximum atomic E-state index is 11.8. The van der Waals surface area contributed by atoms with Gasteiger partial charge in [0.1, 0.15) is 5.75 Å². The highest BCUT2D eigenvalue weighted by Gasteiger charge is 2.21. The highest BCUT2D eigenvalue weighted by molar-refractivity contribution is 5.95. The first-order chi connectivity index (χ1) is 7.21. The Bertz CT molecular complexity index is 417. The molecule has 3 nitrogen and oxygen atoms in total. The Kier molecular flexibility index (Phi) is 3.27. The van der Waals surface area contributed by atoms with Gasteiger partial charge >= 0.3 is 0 Å². The summed E-state index contributed by atoms with van der Waals surface area (Å²) in [6, 6.07) is 3.45. The maximum Gasteiger partial charge on any atom is 0.229 e. The number of rotatable bonds is 1. The van der Waals surface area contributed by atoms with Crippen LogP contribution in [0.5, 0.6) is 5.75 Å². The molecule has 0 saturated heterocycles. The second-order valence-electron chi connectivity index (χ2n) is 5.16. The van der Waals surface area contributed by atoms with Gasteiger partial charge in [0.05, 0.1) is 0 Å². The van der Waals surface area contributed by atoms with Crippen LogP contribution in [0.2, 0.25) is 0 Å². The van der Waals surface area contributed by atoms with Crippen molar-refractivity contribution in [3.05, 3.63) is 23.3 Å². The van der Waals surface area contributed by atoms with Crippen molar-refractivity contribution in [1.82, 2.24) is 0 Å². The molecule has 0 spiro atoms. The van der Waals surface area contributed by atoms with E-state index >= 15 is 0 Å². The Morgan fingerprint density at radius 2 is 1.75 bits per heavy atom. The van der Waals surface area contributed by atoms with Crippen LogP contribution in [0.4, 0.5) is 5.69 Å². The van der Waals surface area contributed by atoms with E-state index in [-0.39, 0.29) is 11.7 Å². The molecule has 0 radical (unpaired) electrons. The molecule has 0 atom stereocenters. The second kappa shape index (κ2) is 4.16. The van der Waals surface area contributed by atoms with Gasteiger partial charge in [-0.3, -0.25) is 4.79 Å². The fourth-order valence-electron chi connectivity index (χ4n) is 1.29. The minimum absolute atomic E-state index is 0.0566. The van der Waals surface area contributed by atoms with E-state index in [1.165, 1.54) is 0 Å². The van der Waals surface area contributed by atoms with Crippen molar-refractivity contribution < 1.29 is 9.90 Å². The van der Waals surface area contributed by atoms with E-state index in [1.807, 2.05) is 40.7 Å². The van der Waals surface area contributed by atoms with E-state index in [9.17, 15) is 9.90 Å². The first-order valence-corrected chi connectivity index (χ1v) is 5.33. The maximum absolute atomic E-state index is 11.8. The van der Waals surface area contributed by atoms with Gasteiger partial charge in [-0.2, -0.15) is 0 Å². The lowest BCUT2D eigenvalue weighted by Crippen LogP contribution is -2.27. The van der Waals surface area contributed by atoms with Crippen molar-refractivity contribution in [3.8, 4) is 5.75 Å².